The van der Waals surface area contributed by atoms with Crippen molar-refractivity contribution in [3.63, 3.8) is 0 Å². The van der Waals surface area contributed by atoms with Gasteiger partial charge in [0.25, 0.3) is 5.91 Å². The highest BCUT2D eigenvalue weighted by Crippen LogP contribution is 2.26. The van der Waals surface area contributed by atoms with Crippen molar-refractivity contribution in [3.8, 4) is 5.75 Å². The molecule has 23 heavy (non-hydrogen) atoms. The third-order valence-corrected chi connectivity index (χ3v) is 3.57. The molecule has 0 aliphatic carbocycles. The zero-order valence-corrected chi connectivity index (χ0v) is 13.3. The molecule has 2 atom stereocenters. The smallest absolute Gasteiger partial charge is 0.303 e. The second-order valence-electron chi connectivity index (χ2n) is 5.69. The number of ether oxygens (including phenoxy) is 1. The van der Waals surface area contributed by atoms with Crippen LogP contribution in [0.2, 0.25) is 0 Å². The second-order valence-corrected chi connectivity index (χ2v) is 5.69. The molecule has 2 rings (SSSR count). The minimum Gasteiger partial charge on any atom is -0.481 e. The summed E-state index contributed by atoms with van der Waals surface area (Å²) in [6.45, 7) is 3.78. The number of carboxylic acid groups (broad SMARTS) is 1. The predicted octanol–water partition coefficient (Wildman–Crippen LogP) is 2.83. The van der Waals surface area contributed by atoms with Crippen molar-refractivity contribution < 1.29 is 19.4 Å². The fourth-order valence-corrected chi connectivity index (χ4v) is 2.33. The Morgan fingerprint density at radius 3 is 2.57 bits per heavy atom. The molecule has 5 heteroatoms. The zero-order chi connectivity index (χ0) is 16.8. The van der Waals surface area contributed by atoms with Gasteiger partial charge in [-0.05, 0) is 24.3 Å². The van der Waals surface area contributed by atoms with Crippen LogP contribution in [-0.2, 0) is 9.59 Å². The predicted molar refractivity (Wildman–Crippen MR) is 88.5 cm³/mol. The van der Waals surface area contributed by atoms with E-state index >= 15 is 0 Å². The summed E-state index contributed by atoms with van der Waals surface area (Å²) in [4.78, 5) is 22.7. The number of aliphatic carboxylic acids is 1. The normalized spacial score (nSPS) is 13.3. The molecule has 0 aliphatic heterocycles. The van der Waals surface area contributed by atoms with E-state index in [9.17, 15) is 9.59 Å². The van der Waals surface area contributed by atoms with Crippen LogP contribution < -0.4 is 10.1 Å². The van der Waals surface area contributed by atoms with E-state index in [1.807, 2.05) is 42.5 Å². The summed E-state index contributed by atoms with van der Waals surface area (Å²) in [5.41, 5.74) is 0. The number of carbonyl (C=O) groups is 2. The van der Waals surface area contributed by atoms with Gasteiger partial charge in [0.15, 0.2) is 6.10 Å². The Balaban J connectivity index is 1.96. The third-order valence-electron chi connectivity index (χ3n) is 3.57. The van der Waals surface area contributed by atoms with Crippen molar-refractivity contribution >= 4 is 22.6 Å². The van der Waals surface area contributed by atoms with Crippen molar-refractivity contribution in [2.75, 3.05) is 6.54 Å². The van der Waals surface area contributed by atoms with Crippen LogP contribution in [0.25, 0.3) is 10.8 Å². The number of hydrogen-bond donors (Lipinski definition) is 2. The minimum atomic E-state index is -0.869. The van der Waals surface area contributed by atoms with Gasteiger partial charge in [-0.2, -0.15) is 0 Å². The van der Waals surface area contributed by atoms with Crippen LogP contribution in [-0.4, -0.2) is 29.6 Å². The van der Waals surface area contributed by atoms with E-state index in [0.29, 0.717) is 12.3 Å². The Morgan fingerprint density at radius 2 is 1.83 bits per heavy atom. The highest BCUT2D eigenvalue weighted by molar-refractivity contribution is 5.89. The molecule has 2 unspecified atom stereocenters. The quantitative estimate of drug-likeness (QED) is 0.824. The average Bonchev–Trinajstić information content (AvgIpc) is 2.52. The van der Waals surface area contributed by atoms with Gasteiger partial charge in [0, 0.05) is 18.4 Å². The summed E-state index contributed by atoms with van der Waals surface area (Å²) in [7, 11) is 0. The molecule has 0 radical (unpaired) electrons. The molecule has 2 aromatic rings. The number of benzene rings is 2. The Bertz CT molecular complexity index is 693. The van der Waals surface area contributed by atoms with Gasteiger partial charge in [-0.1, -0.05) is 43.3 Å². The first kappa shape index (κ1) is 16.8. The lowest BCUT2D eigenvalue weighted by Crippen LogP contribution is -2.38. The summed E-state index contributed by atoms with van der Waals surface area (Å²) >= 11 is 0. The minimum absolute atomic E-state index is 0.0266. The van der Waals surface area contributed by atoms with E-state index in [2.05, 4.69) is 5.32 Å². The molecular weight excluding hydrogens is 294 g/mol. The Labute approximate surface area is 135 Å². The lowest BCUT2D eigenvalue weighted by Gasteiger charge is -2.17. The first-order valence-electron chi connectivity index (χ1n) is 7.61. The molecule has 0 saturated heterocycles. The standard InChI is InChI=1S/C18H21NO4/c1-12(10-17(20)21)11-19-18(22)13(2)23-16-9-5-7-14-6-3-4-8-15(14)16/h3-9,12-13H,10-11H2,1-2H3,(H,19,22)(H,20,21). The van der Waals surface area contributed by atoms with Crippen molar-refractivity contribution in [2.45, 2.75) is 26.4 Å². The van der Waals surface area contributed by atoms with Crippen LogP contribution in [0.5, 0.6) is 5.75 Å². The van der Waals surface area contributed by atoms with Gasteiger partial charge < -0.3 is 15.2 Å². The number of rotatable bonds is 7. The topological polar surface area (TPSA) is 75.6 Å². The van der Waals surface area contributed by atoms with Gasteiger partial charge in [-0.3, -0.25) is 9.59 Å². The van der Waals surface area contributed by atoms with Gasteiger partial charge in [0.1, 0.15) is 5.75 Å². The molecular formula is C18H21NO4. The van der Waals surface area contributed by atoms with Crippen LogP contribution in [0.15, 0.2) is 42.5 Å². The number of hydrogen-bond acceptors (Lipinski definition) is 3. The summed E-state index contributed by atoms with van der Waals surface area (Å²) < 4.78 is 5.77. The molecule has 0 aliphatic rings. The maximum atomic E-state index is 12.1. The highest BCUT2D eigenvalue weighted by Gasteiger charge is 2.17. The molecule has 0 bridgehead atoms. The van der Waals surface area contributed by atoms with E-state index in [0.717, 1.165) is 10.8 Å². The number of amides is 1. The van der Waals surface area contributed by atoms with E-state index < -0.39 is 12.1 Å². The molecule has 0 fully saturated rings. The largest absolute Gasteiger partial charge is 0.481 e. The monoisotopic (exact) mass is 315 g/mol. The van der Waals surface area contributed by atoms with Crippen molar-refractivity contribution in [3.05, 3.63) is 42.5 Å². The van der Waals surface area contributed by atoms with Gasteiger partial charge in [0.2, 0.25) is 0 Å². The molecule has 122 valence electrons. The first-order chi connectivity index (χ1) is 11.0. The number of nitrogens with one attached hydrogen (secondary N) is 1. The maximum absolute atomic E-state index is 12.1. The number of fused-ring (bicyclic) bond motifs is 1. The molecule has 0 heterocycles. The van der Waals surface area contributed by atoms with Crippen molar-refractivity contribution in [1.82, 2.24) is 5.32 Å². The van der Waals surface area contributed by atoms with Crippen molar-refractivity contribution in [2.24, 2.45) is 5.92 Å². The summed E-state index contributed by atoms with van der Waals surface area (Å²) in [5, 5.41) is 13.4. The molecule has 2 N–H and O–H groups in total. The summed E-state index contributed by atoms with van der Waals surface area (Å²) in [6.07, 6.45) is -0.628. The molecule has 0 saturated carbocycles. The SMILES string of the molecule is CC(CNC(=O)C(C)Oc1cccc2ccccc12)CC(=O)O. The van der Waals surface area contributed by atoms with E-state index in [1.54, 1.807) is 13.8 Å². The molecule has 2 aromatic carbocycles. The van der Waals surface area contributed by atoms with E-state index in [4.69, 9.17) is 9.84 Å². The Hall–Kier alpha value is -2.56. The molecule has 1 amide bonds. The van der Waals surface area contributed by atoms with Crippen molar-refractivity contribution in [1.29, 1.82) is 0 Å². The zero-order valence-electron chi connectivity index (χ0n) is 13.3. The Kier molecular flexibility index (Phi) is 5.57. The molecule has 0 spiro atoms. The summed E-state index contributed by atoms with van der Waals surface area (Å²) in [5.74, 6) is -0.590. The van der Waals surface area contributed by atoms with Crippen LogP contribution in [0.3, 0.4) is 0 Å². The molecule has 0 aromatic heterocycles. The van der Waals surface area contributed by atoms with Crippen LogP contribution in [0.4, 0.5) is 0 Å². The number of carbonyl (C=O) groups excluding carboxylic acids is 1. The van der Waals surface area contributed by atoms with E-state index in [-0.39, 0.29) is 18.2 Å². The lowest BCUT2D eigenvalue weighted by atomic mass is 10.1. The lowest BCUT2D eigenvalue weighted by molar-refractivity contribution is -0.138. The Morgan fingerprint density at radius 1 is 1.13 bits per heavy atom. The number of carboxylic acids is 1. The second kappa shape index (κ2) is 7.63. The van der Waals surface area contributed by atoms with Crippen LogP contribution >= 0.6 is 0 Å². The van der Waals surface area contributed by atoms with Gasteiger partial charge in [-0.15, -0.1) is 0 Å². The maximum Gasteiger partial charge on any atom is 0.303 e. The first-order valence-corrected chi connectivity index (χ1v) is 7.61. The average molecular weight is 315 g/mol. The fraction of sp³-hybridized carbons (Fsp3) is 0.333. The molecule has 5 nitrogen and oxygen atoms in total. The third kappa shape index (κ3) is 4.71. The van der Waals surface area contributed by atoms with E-state index in [1.165, 1.54) is 0 Å². The summed E-state index contributed by atoms with van der Waals surface area (Å²) in [6, 6.07) is 13.5. The van der Waals surface area contributed by atoms with Crippen LogP contribution in [0, 0.1) is 5.92 Å². The highest BCUT2D eigenvalue weighted by atomic mass is 16.5. The van der Waals surface area contributed by atoms with Gasteiger partial charge >= 0.3 is 5.97 Å². The fourth-order valence-electron chi connectivity index (χ4n) is 2.33. The van der Waals surface area contributed by atoms with Gasteiger partial charge in [0.05, 0.1) is 0 Å². The van der Waals surface area contributed by atoms with Crippen LogP contribution in [0.1, 0.15) is 20.3 Å². The van der Waals surface area contributed by atoms with Gasteiger partial charge in [-0.25, -0.2) is 0 Å².